The Bertz CT molecular complexity index is 542. The van der Waals surface area contributed by atoms with Crippen molar-refractivity contribution in [2.75, 3.05) is 5.32 Å². The summed E-state index contributed by atoms with van der Waals surface area (Å²) in [5, 5.41) is 11.0. The zero-order valence-corrected chi connectivity index (χ0v) is 11.1. The summed E-state index contributed by atoms with van der Waals surface area (Å²) < 4.78 is 26.5. The summed E-state index contributed by atoms with van der Waals surface area (Å²) in [4.78, 5) is 23.0. The van der Waals surface area contributed by atoms with Gasteiger partial charge in [0.2, 0.25) is 5.91 Å². The van der Waals surface area contributed by atoms with Crippen LogP contribution in [-0.2, 0) is 9.59 Å². The van der Waals surface area contributed by atoms with Gasteiger partial charge in [-0.25, -0.2) is 8.78 Å². The lowest BCUT2D eigenvalue weighted by molar-refractivity contribution is -0.145. The summed E-state index contributed by atoms with van der Waals surface area (Å²) in [5.74, 6) is -5.01. The van der Waals surface area contributed by atoms with E-state index in [1.54, 1.807) is 0 Å². The fourth-order valence-electron chi connectivity index (χ4n) is 2.45. The molecule has 108 valence electrons. The van der Waals surface area contributed by atoms with Crippen LogP contribution in [0.3, 0.4) is 0 Å². The molecular weight excluding hydrogens is 292 g/mol. The molecule has 7 heteroatoms. The minimum atomic E-state index is -1.05. The number of anilines is 1. The van der Waals surface area contributed by atoms with E-state index in [0.29, 0.717) is 25.3 Å². The van der Waals surface area contributed by atoms with E-state index in [2.05, 4.69) is 5.32 Å². The van der Waals surface area contributed by atoms with Crippen molar-refractivity contribution in [2.24, 2.45) is 11.8 Å². The standard InChI is InChI=1S/C13H12ClF2NO3/c14-9-4-6(15)5-10(16)11(9)17-12(18)7-2-1-3-8(7)13(19)20/h4-5,7-8H,1-3H2,(H,17,18)(H,19,20). The summed E-state index contributed by atoms with van der Waals surface area (Å²) in [6.07, 6.45) is 1.45. The Morgan fingerprint density at radius 3 is 2.50 bits per heavy atom. The molecule has 0 aliphatic heterocycles. The second kappa shape index (κ2) is 5.75. The van der Waals surface area contributed by atoms with Crippen LogP contribution in [0.15, 0.2) is 12.1 Å². The zero-order valence-electron chi connectivity index (χ0n) is 10.3. The van der Waals surface area contributed by atoms with Crippen LogP contribution in [0.4, 0.5) is 14.5 Å². The molecule has 1 aromatic carbocycles. The number of carbonyl (C=O) groups excluding carboxylic acids is 1. The third-order valence-corrected chi connectivity index (χ3v) is 3.72. The Morgan fingerprint density at radius 2 is 1.90 bits per heavy atom. The van der Waals surface area contributed by atoms with Gasteiger partial charge in [0.15, 0.2) is 5.82 Å². The van der Waals surface area contributed by atoms with Crippen LogP contribution in [0, 0.1) is 23.5 Å². The highest BCUT2D eigenvalue weighted by atomic mass is 35.5. The predicted molar refractivity (Wildman–Crippen MR) is 68.5 cm³/mol. The topological polar surface area (TPSA) is 66.4 Å². The molecule has 0 radical (unpaired) electrons. The first-order chi connectivity index (χ1) is 9.40. The average molecular weight is 304 g/mol. The van der Waals surface area contributed by atoms with Crippen LogP contribution in [0.2, 0.25) is 5.02 Å². The molecule has 1 saturated carbocycles. The first-order valence-corrected chi connectivity index (χ1v) is 6.46. The van der Waals surface area contributed by atoms with Gasteiger partial charge in [0.1, 0.15) is 5.82 Å². The van der Waals surface area contributed by atoms with Gasteiger partial charge in [-0.05, 0) is 18.9 Å². The van der Waals surface area contributed by atoms with Crippen LogP contribution in [0.1, 0.15) is 19.3 Å². The van der Waals surface area contributed by atoms with Gasteiger partial charge in [-0.1, -0.05) is 18.0 Å². The van der Waals surface area contributed by atoms with E-state index in [-0.39, 0.29) is 10.7 Å². The maximum Gasteiger partial charge on any atom is 0.307 e. The fourth-order valence-corrected chi connectivity index (χ4v) is 2.69. The Labute approximate surface area is 118 Å². The second-order valence-corrected chi connectivity index (χ2v) is 5.12. The van der Waals surface area contributed by atoms with Crippen LogP contribution in [0.25, 0.3) is 0 Å². The highest BCUT2D eigenvalue weighted by molar-refractivity contribution is 6.33. The van der Waals surface area contributed by atoms with E-state index < -0.39 is 35.3 Å². The van der Waals surface area contributed by atoms with Crippen molar-refractivity contribution in [1.29, 1.82) is 0 Å². The van der Waals surface area contributed by atoms with Crippen LogP contribution >= 0.6 is 11.6 Å². The lowest BCUT2D eigenvalue weighted by atomic mass is 9.95. The minimum Gasteiger partial charge on any atom is -0.481 e. The molecule has 1 aromatic rings. The van der Waals surface area contributed by atoms with E-state index in [4.69, 9.17) is 16.7 Å². The molecule has 1 fully saturated rings. The first-order valence-electron chi connectivity index (χ1n) is 6.08. The molecule has 0 aromatic heterocycles. The van der Waals surface area contributed by atoms with Gasteiger partial charge in [-0.2, -0.15) is 0 Å². The summed E-state index contributed by atoms with van der Waals surface area (Å²) in [6, 6.07) is 1.48. The summed E-state index contributed by atoms with van der Waals surface area (Å²) in [5.41, 5.74) is -0.325. The number of rotatable bonds is 3. The third-order valence-electron chi connectivity index (χ3n) is 3.43. The number of carboxylic acids is 1. The van der Waals surface area contributed by atoms with Crippen molar-refractivity contribution in [3.63, 3.8) is 0 Å². The number of hydrogen-bond donors (Lipinski definition) is 2. The summed E-state index contributed by atoms with van der Waals surface area (Å²) in [7, 11) is 0. The maximum atomic E-state index is 13.6. The van der Waals surface area contributed by atoms with E-state index in [9.17, 15) is 18.4 Å². The molecule has 1 aliphatic carbocycles. The van der Waals surface area contributed by atoms with E-state index in [0.717, 1.165) is 6.07 Å². The molecule has 2 rings (SSSR count). The van der Waals surface area contributed by atoms with Crippen LogP contribution in [0.5, 0.6) is 0 Å². The van der Waals surface area contributed by atoms with E-state index >= 15 is 0 Å². The number of hydrogen-bond acceptors (Lipinski definition) is 2. The molecule has 2 unspecified atom stereocenters. The van der Waals surface area contributed by atoms with E-state index in [1.807, 2.05) is 0 Å². The minimum absolute atomic E-state index is 0.263. The average Bonchev–Trinajstić information content (AvgIpc) is 2.82. The van der Waals surface area contributed by atoms with Crippen LogP contribution in [-0.4, -0.2) is 17.0 Å². The lowest BCUT2D eigenvalue weighted by Gasteiger charge is -2.16. The largest absolute Gasteiger partial charge is 0.481 e. The molecular formula is C13H12ClF2NO3. The first kappa shape index (κ1) is 14.7. The monoisotopic (exact) mass is 303 g/mol. The number of carboxylic acid groups (broad SMARTS) is 1. The van der Waals surface area contributed by atoms with Gasteiger partial charge in [0.05, 0.1) is 22.5 Å². The highest BCUT2D eigenvalue weighted by Crippen LogP contribution is 2.34. The number of nitrogens with one attached hydrogen (secondary N) is 1. The Morgan fingerprint density at radius 1 is 1.25 bits per heavy atom. The van der Waals surface area contributed by atoms with Gasteiger partial charge in [-0.15, -0.1) is 0 Å². The molecule has 0 saturated heterocycles. The van der Waals surface area contributed by atoms with Gasteiger partial charge in [0.25, 0.3) is 0 Å². The SMILES string of the molecule is O=C(O)C1CCCC1C(=O)Nc1c(F)cc(F)cc1Cl. The van der Waals surface area contributed by atoms with Crippen molar-refractivity contribution in [2.45, 2.75) is 19.3 Å². The Hall–Kier alpha value is -1.69. The molecule has 1 aliphatic rings. The van der Waals surface area contributed by atoms with Crippen molar-refractivity contribution in [3.8, 4) is 0 Å². The maximum absolute atomic E-state index is 13.6. The van der Waals surface area contributed by atoms with Crippen molar-refractivity contribution in [1.82, 2.24) is 0 Å². The van der Waals surface area contributed by atoms with Gasteiger partial charge in [0, 0.05) is 6.07 Å². The van der Waals surface area contributed by atoms with Gasteiger partial charge < -0.3 is 10.4 Å². The van der Waals surface area contributed by atoms with Crippen molar-refractivity contribution in [3.05, 3.63) is 28.8 Å². The Balaban J connectivity index is 2.18. The number of aliphatic carboxylic acids is 1. The van der Waals surface area contributed by atoms with E-state index in [1.165, 1.54) is 0 Å². The van der Waals surface area contributed by atoms with Gasteiger partial charge >= 0.3 is 5.97 Å². The van der Waals surface area contributed by atoms with Crippen LogP contribution < -0.4 is 5.32 Å². The van der Waals surface area contributed by atoms with Crippen molar-refractivity contribution >= 4 is 29.2 Å². The quantitative estimate of drug-likeness (QED) is 0.902. The third kappa shape index (κ3) is 2.90. The number of carbonyl (C=O) groups is 2. The molecule has 2 atom stereocenters. The smallest absolute Gasteiger partial charge is 0.307 e. The molecule has 4 nitrogen and oxygen atoms in total. The highest BCUT2D eigenvalue weighted by Gasteiger charge is 2.38. The number of amides is 1. The lowest BCUT2D eigenvalue weighted by Crippen LogP contribution is -2.30. The molecule has 20 heavy (non-hydrogen) atoms. The summed E-state index contributed by atoms with van der Waals surface area (Å²) >= 11 is 5.67. The number of halogens is 3. The molecule has 1 amide bonds. The molecule has 2 N–H and O–H groups in total. The predicted octanol–water partition coefficient (Wildman–Crippen LogP) is 3.06. The summed E-state index contributed by atoms with van der Waals surface area (Å²) in [6.45, 7) is 0. The van der Waals surface area contributed by atoms with Crippen molar-refractivity contribution < 1.29 is 23.5 Å². The number of benzene rings is 1. The fraction of sp³-hybridized carbons (Fsp3) is 0.385. The van der Waals surface area contributed by atoms with Gasteiger partial charge in [-0.3, -0.25) is 9.59 Å². The normalized spacial score (nSPS) is 21.8. The Kier molecular flexibility index (Phi) is 4.23. The second-order valence-electron chi connectivity index (χ2n) is 4.72. The molecule has 0 spiro atoms. The molecule has 0 bridgehead atoms. The molecule has 0 heterocycles. The zero-order chi connectivity index (χ0) is 14.9.